The van der Waals surface area contributed by atoms with E-state index in [0.717, 1.165) is 16.6 Å². The van der Waals surface area contributed by atoms with Crippen molar-refractivity contribution in [3.8, 4) is 17.2 Å². The Morgan fingerprint density at radius 2 is 1.81 bits per heavy atom. The van der Waals surface area contributed by atoms with Gasteiger partial charge in [0.25, 0.3) is 5.91 Å². The molecule has 5 nitrogen and oxygen atoms in total. The average molecular weight is 358 g/mol. The van der Waals surface area contributed by atoms with Crippen LogP contribution in [0.3, 0.4) is 0 Å². The molecule has 0 aliphatic rings. The van der Waals surface area contributed by atoms with Gasteiger partial charge in [-0.15, -0.1) is 0 Å². The van der Waals surface area contributed by atoms with E-state index in [1.807, 2.05) is 43.3 Å². The highest BCUT2D eigenvalue weighted by Gasteiger charge is 2.12. The van der Waals surface area contributed by atoms with Crippen LogP contribution in [-0.2, 0) is 0 Å². The number of nitrogens with zero attached hydrogens (tertiary/aromatic N) is 1. The van der Waals surface area contributed by atoms with Gasteiger partial charge < -0.3 is 14.5 Å². The fourth-order valence-corrected chi connectivity index (χ4v) is 2.88. The topological polar surface area (TPSA) is 64.4 Å². The van der Waals surface area contributed by atoms with Gasteiger partial charge >= 0.3 is 0 Å². The van der Waals surface area contributed by atoms with E-state index >= 15 is 0 Å². The van der Waals surface area contributed by atoms with Gasteiger partial charge in [-0.1, -0.05) is 18.2 Å². The van der Waals surface area contributed by atoms with Crippen LogP contribution in [0.2, 0.25) is 0 Å². The molecule has 4 rings (SSSR count). The summed E-state index contributed by atoms with van der Waals surface area (Å²) >= 11 is 0. The highest BCUT2D eigenvalue weighted by molar-refractivity contribution is 6.05. The Balaban J connectivity index is 1.59. The van der Waals surface area contributed by atoms with Crippen molar-refractivity contribution >= 4 is 22.7 Å². The van der Waals surface area contributed by atoms with E-state index in [-0.39, 0.29) is 5.91 Å². The smallest absolute Gasteiger partial charge is 0.255 e. The van der Waals surface area contributed by atoms with Gasteiger partial charge in [0, 0.05) is 22.9 Å². The summed E-state index contributed by atoms with van der Waals surface area (Å²) in [6.45, 7) is 2.02. The maximum absolute atomic E-state index is 12.4. The molecule has 3 aromatic carbocycles. The van der Waals surface area contributed by atoms with Crippen molar-refractivity contribution < 1.29 is 13.9 Å². The summed E-state index contributed by atoms with van der Waals surface area (Å²) in [5.74, 6) is 1.08. The molecule has 1 aromatic heterocycles. The number of rotatable bonds is 4. The van der Waals surface area contributed by atoms with Crippen LogP contribution >= 0.6 is 0 Å². The van der Waals surface area contributed by atoms with E-state index in [0.29, 0.717) is 28.5 Å². The number of carbonyl (C=O) groups excluding carboxylic acids is 1. The number of hydrogen-bond acceptors (Lipinski definition) is 4. The molecule has 1 amide bonds. The minimum absolute atomic E-state index is 0.198. The molecule has 0 radical (unpaired) electrons. The number of aromatic nitrogens is 1. The number of amides is 1. The van der Waals surface area contributed by atoms with Crippen molar-refractivity contribution in [2.45, 2.75) is 6.92 Å². The number of hydrogen-bond donors (Lipinski definition) is 1. The van der Waals surface area contributed by atoms with Crippen molar-refractivity contribution in [3.05, 3.63) is 77.9 Å². The highest BCUT2D eigenvalue weighted by Crippen LogP contribution is 2.28. The highest BCUT2D eigenvalue weighted by atomic mass is 16.5. The van der Waals surface area contributed by atoms with Crippen LogP contribution in [0.25, 0.3) is 22.6 Å². The number of fused-ring (bicyclic) bond motifs is 1. The summed E-state index contributed by atoms with van der Waals surface area (Å²) in [7, 11) is 1.59. The fraction of sp³-hybridized carbons (Fsp3) is 0.0909. The molecule has 4 aromatic rings. The molecular formula is C22H18N2O3. The number of carbonyl (C=O) groups is 1. The maximum atomic E-state index is 12.4. The molecule has 27 heavy (non-hydrogen) atoms. The molecule has 0 saturated heterocycles. The quantitative estimate of drug-likeness (QED) is 0.553. The number of methoxy groups -OCH3 is 1. The molecule has 1 heterocycles. The second kappa shape index (κ2) is 6.96. The molecule has 0 atom stereocenters. The van der Waals surface area contributed by atoms with E-state index < -0.39 is 0 Å². The minimum Gasteiger partial charge on any atom is -0.497 e. The summed E-state index contributed by atoms with van der Waals surface area (Å²) in [5.41, 5.74) is 4.62. The second-order valence-corrected chi connectivity index (χ2v) is 6.20. The Hall–Kier alpha value is -3.60. The average Bonchev–Trinajstić information content (AvgIpc) is 3.11. The summed E-state index contributed by atoms with van der Waals surface area (Å²) in [6.07, 6.45) is 0. The van der Waals surface area contributed by atoms with Gasteiger partial charge in [0.05, 0.1) is 7.11 Å². The summed E-state index contributed by atoms with van der Waals surface area (Å²) in [4.78, 5) is 17.0. The fourth-order valence-electron chi connectivity index (χ4n) is 2.88. The lowest BCUT2D eigenvalue weighted by atomic mass is 10.1. The lowest BCUT2D eigenvalue weighted by Gasteiger charge is -2.06. The van der Waals surface area contributed by atoms with Crippen LogP contribution in [-0.4, -0.2) is 18.0 Å². The largest absolute Gasteiger partial charge is 0.497 e. The molecule has 0 saturated carbocycles. The Morgan fingerprint density at radius 3 is 2.56 bits per heavy atom. The third kappa shape index (κ3) is 3.40. The van der Waals surface area contributed by atoms with E-state index in [1.54, 1.807) is 37.4 Å². The summed E-state index contributed by atoms with van der Waals surface area (Å²) < 4.78 is 11.0. The third-order valence-corrected chi connectivity index (χ3v) is 4.37. The van der Waals surface area contributed by atoms with Crippen molar-refractivity contribution in [2.24, 2.45) is 0 Å². The maximum Gasteiger partial charge on any atom is 0.255 e. The van der Waals surface area contributed by atoms with Gasteiger partial charge in [-0.2, -0.15) is 0 Å². The molecule has 0 fully saturated rings. The Morgan fingerprint density at radius 1 is 1.04 bits per heavy atom. The van der Waals surface area contributed by atoms with Crippen LogP contribution in [0.5, 0.6) is 5.75 Å². The monoisotopic (exact) mass is 358 g/mol. The van der Waals surface area contributed by atoms with Crippen molar-refractivity contribution in [1.29, 1.82) is 0 Å². The van der Waals surface area contributed by atoms with Crippen molar-refractivity contribution in [2.75, 3.05) is 12.4 Å². The van der Waals surface area contributed by atoms with E-state index in [4.69, 9.17) is 9.15 Å². The minimum atomic E-state index is -0.198. The second-order valence-electron chi connectivity index (χ2n) is 6.20. The third-order valence-electron chi connectivity index (χ3n) is 4.37. The summed E-state index contributed by atoms with van der Waals surface area (Å²) in [5, 5.41) is 2.88. The number of aryl methyl sites for hydroxylation is 1. The lowest BCUT2D eigenvalue weighted by Crippen LogP contribution is -2.11. The predicted molar refractivity (Wildman–Crippen MR) is 105 cm³/mol. The number of anilines is 1. The molecule has 0 aliphatic heterocycles. The molecule has 5 heteroatoms. The zero-order valence-electron chi connectivity index (χ0n) is 15.0. The van der Waals surface area contributed by atoms with Crippen LogP contribution in [0, 0.1) is 6.92 Å². The lowest BCUT2D eigenvalue weighted by molar-refractivity contribution is 0.102. The van der Waals surface area contributed by atoms with E-state index in [1.165, 1.54) is 0 Å². The SMILES string of the molecule is COc1ccc(C(=O)Nc2ccc3nc(-c4ccccc4C)oc3c2)cc1. The van der Waals surface area contributed by atoms with Gasteiger partial charge in [-0.25, -0.2) is 4.98 Å². The molecule has 134 valence electrons. The Bertz CT molecular complexity index is 1110. The first-order chi connectivity index (χ1) is 13.1. The van der Waals surface area contributed by atoms with Crippen LogP contribution in [0.1, 0.15) is 15.9 Å². The van der Waals surface area contributed by atoms with Gasteiger partial charge in [0.1, 0.15) is 11.3 Å². The number of ether oxygens (including phenoxy) is 1. The van der Waals surface area contributed by atoms with Crippen LogP contribution < -0.4 is 10.1 Å². The first-order valence-corrected chi connectivity index (χ1v) is 8.56. The molecule has 0 unspecified atom stereocenters. The molecule has 1 N–H and O–H groups in total. The Kier molecular flexibility index (Phi) is 4.34. The zero-order chi connectivity index (χ0) is 18.8. The van der Waals surface area contributed by atoms with E-state index in [9.17, 15) is 4.79 Å². The first-order valence-electron chi connectivity index (χ1n) is 8.56. The number of nitrogens with one attached hydrogen (secondary N) is 1. The van der Waals surface area contributed by atoms with Gasteiger partial charge in [-0.05, 0) is 55.0 Å². The van der Waals surface area contributed by atoms with Gasteiger partial charge in [0.2, 0.25) is 5.89 Å². The Labute approximate surface area is 156 Å². The van der Waals surface area contributed by atoms with Gasteiger partial charge in [-0.3, -0.25) is 4.79 Å². The molecule has 0 spiro atoms. The first kappa shape index (κ1) is 16.8. The van der Waals surface area contributed by atoms with Crippen LogP contribution in [0.15, 0.2) is 71.1 Å². The molecular weight excluding hydrogens is 340 g/mol. The molecule has 0 bridgehead atoms. The molecule has 0 aliphatic carbocycles. The predicted octanol–water partition coefficient (Wildman–Crippen LogP) is 5.06. The zero-order valence-corrected chi connectivity index (χ0v) is 15.0. The van der Waals surface area contributed by atoms with Gasteiger partial charge in [0.15, 0.2) is 5.58 Å². The standard InChI is InChI=1S/C22H18N2O3/c1-14-5-3-4-6-18(14)22-24-19-12-9-16(13-20(19)27-22)23-21(25)15-7-10-17(26-2)11-8-15/h3-13H,1-2H3,(H,23,25). The van der Waals surface area contributed by atoms with Crippen molar-refractivity contribution in [1.82, 2.24) is 4.98 Å². The van der Waals surface area contributed by atoms with Crippen molar-refractivity contribution in [3.63, 3.8) is 0 Å². The summed E-state index contributed by atoms with van der Waals surface area (Å²) in [6, 6.07) is 20.3. The normalized spacial score (nSPS) is 10.7. The number of benzene rings is 3. The van der Waals surface area contributed by atoms with E-state index in [2.05, 4.69) is 10.3 Å². The number of oxazole rings is 1. The van der Waals surface area contributed by atoms with Crippen LogP contribution in [0.4, 0.5) is 5.69 Å².